The highest BCUT2D eigenvalue weighted by atomic mass is 32.1. The number of anilines is 2. The van der Waals surface area contributed by atoms with Gasteiger partial charge in [-0.3, -0.25) is 0 Å². The van der Waals surface area contributed by atoms with Crippen molar-refractivity contribution in [2.45, 2.75) is 78.3 Å². The Balaban J connectivity index is 1.53. The minimum Gasteiger partial charge on any atom is -0.494 e. The number of ether oxygens (including phenoxy) is 1. The van der Waals surface area contributed by atoms with Crippen LogP contribution in [-0.2, 0) is 13.0 Å². The number of nitrogens with one attached hydrogen (secondary N) is 1. The molecule has 2 aliphatic rings. The second-order valence-corrected chi connectivity index (χ2v) is 10.3. The van der Waals surface area contributed by atoms with Gasteiger partial charge in [-0.25, -0.2) is 0 Å². The molecule has 1 saturated carbocycles. The van der Waals surface area contributed by atoms with Crippen molar-refractivity contribution in [2.75, 3.05) is 29.9 Å². The van der Waals surface area contributed by atoms with Crippen LogP contribution in [0.25, 0.3) is 0 Å². The van der Waals surface area contributed by atoms with Crippen molar-refractivity contribution in [1.82, 2.24) is 4.90 Å². The minimum absolute atomic E-state index is 0.476. The molecule has 184 valence electrons. The van der Waals surface area contributed by atoms with Crippen molar-refractivity contribution in [2.24, 2.45) is 5.92 Å². The lowest BCUT2D eigenvalue weighted by atomic mass is 9.84. The summed E-state index contributed by atoms with van der Waals surface area (Å²) in [5, 5.41) is 4.36. The van der Waals surface area contributed by atoms with E-state index in [1.54, 1.807) is 0 Å². The standard InChI is InChI=1S/C29H41N3OS/c1-4-18-31-19-8-10-24-20-23(12-17-28(24)31)21-32(27-11-7-6-9-22(27)3)29(34)30-25-13-15-26(16-14-25)33-5-2/h12-17,20,22,27H,4-11,18-19,21H2,1-3H3,(H,30,34)/t22-,27+/m1/s1. The zero-order valence-electron chi connectivity index (χ0n) is 21.2. The van der Waals surface area contributed by atoms with Crippen LogP contribution < -0.4 is 15.0 Å². The second-order valence-electron chi connectivity index (χ2n) is 9.90. The zero-order chi connectivity index (χ0) is 23.9. The molecule has 2 aromatic carbocycles. The number of benzene rings is 2. The fourth-order valence-corrected chi connectivity index (χ4v) is 5.94. The predicted octanol–water partition coefficient (Wildman–Crippen LogP) is 7.03. The van der Waals surface area contributed by atoms with E-state index in [4.69, 9.17) is 17.0 Å². The van der Waals surface area contributed by atoms with Gasteiger partial charge in [0.25, 0.3) is 0 Å². The highest BCUT2D eigenvalue weighted by Gasteiger charge is 2.29. The summed E-state index contributed by atoms with van der Waals surface area (Å²) in [6.07, 6.45) is 8.73. The third-order valence-corrected chi connectivity index (χ3v) is 7.69. The van der Waals surface area contributed by atoms with Crippen molar-refractivity contribution in [3.8, 4) is 5.75 Å². The topological polar surface area (TPSA) is 27.7 Å². The molecule has 1 fully saturated rings. The molecule has 0 radical (unpaired) electrons. The van der Waals surface area contributed by atoms with Gasteiger partial charge in [-0.2, -0.15) is 0 Å². The van der Waals surface area contributed by atoms with Gasteiger partial charge in [0.05, 0.1) is 6.61 Å². The van der Waals surface area contributed by atoms with Crippen molar-refractivity contribution < 1.29 is 4.74 Å². The smallest absolute Gasteiger partial charge is 0.173 e. The van der Waals surface area contributed by atoms with Gasteiger partial charge in [0.1, 0.15) is 5.75 Å². The molecule has 0 bridgehead atoms. The van der Waals surface area contributed by atoms with Gasteiger partial charge in [0, 0.05) is 37.1 Å². The van der Waals surface area contributed by atoms with Crippen LogP contribution in [0.1, 0.15) is 70.4 Å². The monoisotopic (exact) mass is 479 g/mol. The van der Waals surface area contributed by atoms with E-state index >= 15 is 0 Å². The normalized spacial score (nSPS) is 19.9. The highest BCUT2D eigenvalue weighted by molar-refractivity contribution is 7.80. The van der Waals surface area contributed by atoms with Crippen LogP contribution in [-0.4, -0.2) is 35.8 Å². The Morgan fingerprint density at radius 1 is 1.09 bits per heavy atom. The predicted molar refractivity (Wildman–Crippen MR) is 148 cm³/mol. The maximum Gasteiger partial charge on any atom is 0.173 e. The van der Waals surface area contributed by atoms with Gasteiger partial charge in [-0.05, 0) is 98.6 Å². The lowest BCUT2D eigenvalue weighted by molar-refractivity contribution is 0.177. The first-order chi connectivity index (χ1) is 16.6. The SMILES string of the molecule is CCCN1CCCc2cc(CN(C(=S)Nc3ccc(OCC)cc3)[C@H]3CCCC[C@H]3C)ccc21. The molecule has 0 amide bonds. The molecule has 0 unspecified atom stereocenters. The Kier molecular flexibility index (Phi) is 8.71. The third-order valence-electron chi connectivity index (χ3n) is 7.35. The molecule has 4 rings (SSSR count). The van der Waals surface area contributed by atoms with E-state index < -0.39 is 0 Å². The molecular weight excluding hydrogens is 438 g/mol. The number of hydrogen-bond donors (Lipinski definition) is 1. The van der Waals surface area contributed by atoms with Crippen LogP contribution in [0.15, 0.2) is 42.5 Å². The van der Waals surface area contributed by atoms with E-state index in [0.29, 0.717) is 18.6 Å². The number of rotatable bonds is 8. The molecule has 1 N–H and O–H groups in total. The van der Waals surface area contributed by atoms with Gasteiger partial charge in [0.15, 0.2) is 5.11 Å². The molecule has 0 spiro atoms. The van der Waals surface area contributed by atoms with Crippen molar-refractivity contribution >= 4 is 28.7 Å². The van der Waals surface area contributed by atoms with E-state index in [0.717, 1.165) is 29.6 Å². The summed E-state index contributed by atoms with van der Waals surface area (Å²) < 4.78 is 5.60. The number of hydrogen-bond acceptors (Lipinski definition) is 3. The van der Waals surface area contributed by atoms with Gasteiger partial charge < -0.3 is 19.9 Å². The molecule has 2 aromatic rings. The molecule has 34 heavy (non-hydrogen) atoms. The molecule has 1 heterocycles. The van der Waals surface area contributed by atoms with Crippen molar-refractivity contribution in [1.29, 1.82) is 0 Å². The molecule has 0 aromatic heterocycles. The molecule has 2 atom stereocenters. The molecule has 5 heteroatoms. The summed E-state index contributed by atoms with van der Waals surface area (Å²) >= 11 is 6.02. The van der Waals surface area contributed by atoms with Gasteiger partial charge in [0.2, 0.25) is 0 Å². The van der Waals surface area contributed by atoms with Crippen molar-refractivity contribution in [3.05, 3.63) is 53.6 Å². The van der Waals surface area contributed by atoms with Gasteiger partial charge >= 0.3 is 0 Å². The summed E-state index contributed by atoms with van der Waals surface area (Å²) in [4.78, 5) is 5.02. The van der Waals surface area contributed by atoms with Crippen LogP contribution in [0.2, 0.25) is 0 Å². The number of thiocarbonyl (C=S) groups is 1. The Bertz CT molecular complexity index is 945. The minimum atomic E-state index is 0.476. The lowest BCUT2D eigenvalue weighted by Gasteiger charge is -2.40. The number of fused-ring (bicyclic) bond motifs is 1. The fourth-order valence-electron chi connectivity index (χ4n) is 5.62. The molecule has 1 aliphatic heterocycles. The summed E-state index contributed by atoms with van der Waals surface area (Å²) in [6.45, 7) is 10.5. The summed E-state index contributed by atoms with van der Waals surface area (Å²) in [7, 11) is 0. The first kappa shape index (κ1) is 24.8. The van der Waals surface area contributed by atoms with E-state index in [1.807, 2.05) is 19.1 Å². The van der Waals surface area contributed by atoms with Crippen LogP contribution in [0.3, 0.4) is 0 Å². The molecular formula is C29H41N3OS. The first-order valence-corrected chi connectivity index (χ1v) is 13.7. The van der Waals surface area contributed by atoms with E-state index in [2.05, 4.69) is 59.3 Å². The largest absolute Gasteiger partial charge is 0.494 e. The van der Waals surface area contributed by atoms with Crippen LogP contribution in [0.4, 0.5) is 11.4 Å². The molecule has 1 aliphatic carbocycles. The maximum atomic E-state index is 6.02. The third kappa shape index (κ3) is 6.04. The Morgan fingerprint density at radius 2 is 1.88 bits per heavy atom. The van der Waals surface area contributed by atoms with Crippen LogP contribution in [0, 0.1) is 5.92 Å². The quantitative estimate of drug-likeness (QED) is 0.411. The Morgan fingerprint density at radius 3 is 2.62 bits per heavy atom. The van der Waals surface area contributed by atoms with Crippen LogP contribution >= 0.6 is 12.2 Å². The van der Waals surface area contributed by atoms with E-state index in [1.165, 1.54) is 68.3 Å². The summed E-state index contributed by atoms with van der Waals surface area (Å²) in [6, 6.07) is 15.7. The van der Waals surface area contributed by atoms with E-state index in [-0.39, 0.29) is 0 Å². The molecule has 0 saturated heterocycles. The Labute approximate surface area is 211 Å². The first-order valence-electron chi connectivity index (χ1n) is 13.3. The summed E-state index contributed by atoms with van der Waals surface area (Å²) in [5.74, 6) is 1.54. The van der Waals surface area contributed by atoms with Crippen LogP contribution in [0.5, 0.6) is 5.75 Å². The maximum absolute atomic E-state index is 6.02. The highest BCUT2D eigenvalue weighted by Crippen LogP contribution is 2.32. The Hall–Kier alpha value is -2.27. The number of aryl methyl sites for hydroxylation is 1. The van der Waals surface area contributed by atoms with Gasteiger partial charge in [-0.15, -0.1) is 0 Å². The fraction of sp³-hybridized carbons (Fsp3) is 0.552. The van der Waals surface area contributed by atoms with Crippen molar-refractivity contribution in [3.63, 3.8) is 0 Å². The average Bonchev–Trinajstić information content (AvgIpc) is 2.85. The average molecular weight is 480 g/mol. The molecule has 4 nitrogen and oxygen atoms in total. The summed E-state index contributed by atoms with van der Waals surface area (Å²) in [5.41, 5.74) is 5.32. The van der Waals surface area contributed by atoms with Gasteiger partial charge in [-0.1, -0.05) is 38.8 Å². The number of nitrogens with zero attached hydrogens (tertiary/aromatic N) is 2. The zero-order valence-corrected chi connectivity index (χ0v) is 22.0. The van der Waals surface area contributed by atoms with E-state index in [9.17, 15) is 0 Å². The lowest BCUT2D eigenvalue weighted by Crippen LogP contribution is -2.46. The second kappa shape index (κ2) is 11.9.